The van der Waals surface area contributed by atoms with Gasteiger partial charge in [0.25, 0.3) is 0 Å². The second-order valence-corrected chi connectivity index (χ2v) is 6.31. The summed E-state index contributed by atoms with van der Waals surface area (Å²) >= 11 is 0. The molecule has 0 amide bonds. The fraction of sp³-hybridized carbons (Fsp3) is 0.647. The van der Waals surface area contributed by atoms with Crippen LogP contribution < -0.4 is 15.4 Å². The van der Waals surface area contributed by atoms with Crippen molar-refractivity contribution in [3.63, 3.8) is 0 Å². The number of hydrogen-bond donors (Lipinski definition) is 1. The minimum Gasteiger partial charge on any atom is -0.497 e. The lowest BCUT2D eigenvalue weighted by Crippen LogP contribution is -2.52. The summed E-state index contributed by atoms with van der Waals surface area (Å²) in [6.45, 7) is 4.49. The number of hydrogen-bond acceptors (Lipinski definition) is 4. The van der Waals surface area contributed by atoms with E-state index in [0.29, 0.717) is 12.1 Å². The van der Waals surface area contributed by atoms with Crippen LogP contribution in [-0.2, 0) is 0 Å². The molecule has 1 heterocycles. The molecule has 0 radical (unpaired) electrons. The van der Waals surface area contributed by atoms with Crippen LogP contribution in [0, 0.1) is 0 Å². The minimum absolute atomic E-state index is 0.417. The number of ether oxygens (including phenoxy) is 1. The lowest BCUT2D eigenvalue weighted by molar-refractivity contribution is 0.140. The maximum atomic E-state index is 6.13. The normalized spacial score (nSPS) is 27.6. The Hall–Kier alpha value is -1.26. The maximum absolute atomic E-state index is 6.13. The monoisotopic (exact) mass is 289 g/mol. The Morgan fingerprint density at radius 3 is 2.67 bits per heavy atom. The van der Waals surface area contributed by atoms with E-state index in [1.54, 1.807) is 7.11 Å². The molecule has 1 saturated carbocycles. The van der Waals surface area contributed by atoms with Crippen molar-refractivity contribution in [3.05, 3.63) is 24.3 Å². The number of rotatable bonds is 3. The standard InChI is InChI=1S/C17H27N3O/c1-21-17-7-3-6-16(13-17)20-10-8-19(9-11-20)15-5-2-4-14(18)12-15/h3,6-7,13-15H,2,4-5,8-12,18H2,1H3. The highest BCUT2D eigenvalue weighted by molar-refractivity contribution is 5.51. The average molecular weight is 289 g/mol. The topological polar surface area (TPSA) is 41.7 Å². The van der Waals surface area contributed by atoms with Crippen molar-refractivity contribution in [3.8, 4) is 5.75 Å². The Bertz CT molecular complexity index is 457. The second-order valence-electron chi connectivity index (χ2n) is 6.31. The zero-order chi connectivity index (χ0) is 14.7. The molecule has 0 spiro atoms. The Labute approximate surface area is 127 Å². The van der Waals surface area contributed by atoms with E-state index in [2.05, 4.69) is 28.0 Å². The van der Waals surface area contributed by atoms with Crippen LogP contribution in [-0.4, -0.2) is 50.3 Å². The Balaban J connectivity index is 1.57. The summed E-state index contributed by atoms with van der Waals surface area (Å²) in [6.07, 6.45) is 5.01. The van der Waals surface area contributed by atoms with Crippen LogP contribution in [0.2, 0.25) is 0 Å². The van der Waals surface area contributed by atoms with Gasteiger partial charge in [-0.05, 0) is 31.4 Å². The molecule has 1 aromatic rings. The molecule has 1 aliphatic carbocycles. The Morgan fingerprint density at radius 2 is 1.95 bits per heavy atom. The highest BCUT2D eigenvalue weighted by Gasteiger charge is 2.27. The Kier molecular flexibility index (Phi) is 4.66. The highest BCUT2D eigenvalue weighted by atomic mass is 16.5. The van der Waals surface area contributed by atoms with E-state index < -0.39 is 0 Å². The van der Waals surface area contributed by atoms with Crippen molar-refractivity contribution >= 4 is 5.69 Å². The summed E-state index contributed by atoms with van der Waals surface area (Å²) in [5.74, 6) is 0.938. The van der Waals surface area contributed by atoms with Gasteiger partial charge >= 0.3 is 0 Å². The summed E-state index contributed by atoms with van der Waals surface area (Å²) < 4.78 is 5.32. The van der Waals surface area contributed by atoms with Gasteiger partial charge in [0, 0.05) is 50.0 Å². The number of benzene rings is 1. The van der Waals surface area contributed by atoms with Gasteiger partial charge < -0.3 is 15.4 Å². The molecule has 1 saturated heterocycles. The van der Waals surface area contributed by atoms with Gasteiger partial charge in [-0.25, -0.2) is 0 Å². The van der Waals surface area contributed by atoms with Crippen molar-refractivity contribution in [2.24, 2.45) is 5.73 Å². The smallest absolute Gasteiger partial charge is 0.120 e. The van der Waals surface area contributed by atoms with Gasteiger partial charge in [-0.2, -0.15) is 0 Å². The Morgan fingerprint density at radius 1 is 1.14 bits per heavy atom. The van der Waals surface area contributed by atoms with Gasteiger partial charge in [0.2, 0.25) is 0 Å². The summed E-state index contributed by atoms with van der Waals surface area (Å²) in [5, 5.41) is 0. The van der Waals surface area contributed by atoms with Gasteiger partial charge in [0.1, 0.15) is 5.75 Å². The van der Waals surface area contributed by atoms with E-state index in [1.165, 1.54) is 31.4 Å². The average Bonchev–Trinajstić information content (AvgIpc) is 2.55. The molecule has 3 rings (SSSR count). The summed E-state index contributed by atoms with van der Waals surface area (Å²) in [4.78, 5) is 5.11. The minimum atomic E-state index is 0.417. The van der Waals surface area contributed by atoms with Crippen molar-refractivity contribution in [1.29, 1.82) is 0 Å². The van der Waals surface area contributed by atoms with E-state index in [0.717, 1.165) is 31.9 Å². The van der Waals surface area contributed by atoms with E-state index in [4.69, 9.17) is 10.5 Å². The lowest BCUT2D eigenvalue weighted by Gasteiger charge is -2.42. The van der Waals surface area contributed by atoms with E-state index in [-0.39, 0.29) is 0 Å². The van der Waals surface area contributed by atoms with Crippen LogP contribution in [0.15, 0.2) is 24.3 Å². The molecular weight excluding hydrogens is 262 g/mol. The van der Waals surface area contributed by atoms with E-state index >= 15 is 0 Å². The first-order chi connectivity index (χ1) is 10.3. The molecule has 4 heteroatoms. The van der Waals surface area contributed by atoms with Crippen LogP contribution in [0.1, 0.15) is 25.7 Å². The highest BCUT2D eigenvalue weighted by Crippen LogP contribution is 2.26. The molecule has 2 aliphatic rings. The first kappa shape index (κ1) is 14.7. The number of methoxy groups -OCH3 is 1. The molecule has 0 bridgehead atoms. The molecule has 2 N–H and O–H groups in total. The molecule has 2 atom stereocenters. The second kappa shape index (κ2) is 6.67. The van der Waals surface area contributed by atoms with Crippen LogP contribution in [0.25, 0.3) is 0 Å². The van der Waals surface area contributed by atoms with Crippen molar-refractivity contribution < 1.29 is 4.74 Å². The largest absolute Gasteiger partial charge is 0.497 e. The van der Waals surface area contributed by atoms with Gasteiger partial charge in [-0.15, -0.1) is 0 Å². The van der Waals surface area contributed by atoms with Crippen LogP contribution in [0.4, 0.5) is 5.69 Å². The summed E-state index contributed by atoms with van der Waals surface area (Å²) in [6, 6.07) is 9.51. The molecule has 0 aromatic heterocycles. The quantitative estimate of drug-likeness (QED) is 0.925. The molecule has 4 nitrogen and oxygen atoms in total. The third-order valence-electron chi connectivity index (χ3n) is 4.94. The summed E-state index contributed by atoms with van der Waals surface area (Å²) in [7, 11) is 1.73. The molecular formula is C17H27N3O. The number of anilines is 1. The van der Waals surface area contributed by atoms with Crippen LogP contribution in [0.3, 0.4) is 0 Å². The first-order valence-corrected chi connectivity index (χ1v) is 8.15. The van der Waals surface area contributed by atoms with Gasteiger partial charge in [0.05, 0.1) is 7.11 Å². The van der Waals surface area contributed by atoms with Crippen LogP contribution in [0.5, 0.6) is 5.75 Å². The number of piperazine rings is 1. The summed E-state index contributed by atoms with van der Waals surface area (Å²) in [5.41, 5.74) is 7.40. The fourth-order valence-corrected chi connectivity index (χ4v) is 3.68. The lowest BCUT2D eigenvalue weighted by atomic mass is 9.90. The van der Waals surface area contributed by atoms with E-state index in [9.17, 15) is 0 Å². The third kappa shape index (κ3) is 3.50. The van der Waals surface area contributed by atoms with Crippen molar-refractivity contribution in [2.75, 3.05) is 38.2 Å². The maximum Gasteiger partial charge on any atom is 0.120 e. The van der Waals surface area contributed by atoms with E-state index in [1.807, 2.05) is 6.07 Å². The van der Waals surface area contributed by atoms with Gasteiger partial charge in [-0.1, -0.05) is 12.5 Å². The fourth-order valence-electron chi connectivity index (χ4n) is 3.68. The molecule has 116 valence electrons. The van der Waals surface area contributed by atoms with Crippen molar-refractivity contribution in [1.82, 2.24) is 4.90 Å². The SMILES string of the molecule is COc1cccc(N2CCN(C3CCCC(N)C3)CC2)c1. The van der Waals surface area contributed by atoms with Gasteiger partial charge in [-0.3, -0.25) is 4.90 Å². The molecule has 2 fully saturated rings. The molecule has 1 aliphatic heterocycles. The predicted molar refractivity (Wildman–Crippen MR) is 87.0 cm³/mol. The van der Waals surface area contributed by atoms with Crippen molar-refractivity contribution in [2.45, 2.75) is 37.8 Å². The zero-order valence-corrected chi connectivity index (χ0v) is 13.0. The first-order valence-electron chi connectivity index (χ1n) is 8.15. The molecule has 1 aromatic carbocycles. The van der Waals surface area contributed by atoms with Gasteiger partial charge in [0.15, 0.2) is 0 Å². The number of nitrogens with zero attached hydrogens (tertiary/aromatic N) is 2. The predicted octanol–water partition coefficient (Wildman–Crippen LogP) is 2.09. The molecule has 2 unspecified atom stereocenters. The van der Waals surface area contributed by atoms with Crippen LogP contribution >= 0.6 is 0 Å². The molecule has 21 heavy (non-hydrogen) atoms. The third-order valence-corrected chi connectivity index (χ3v) is 4.94. The number of nitrogens with two attached hydrogens (primary N) is 1. The zero-order valence-electron chi connectivity index (χ0n) is 13.0.